The molecule has 0 spiro atoms. The third-order valence-electron chi connectivity index (χ3n) is 3.85. The zero-order valence-electron chi connectivity index (χ0n) is 13.9. The molecule has 0 radical (unpaired) electrons. The van der Waals surface area contributed by atoms with Crippen molar-refractivity contribution in [3.8, 4) is 34.0 Å². The van der Waals surface area contributed by atoms with Gasteiger partial charge in [-0.05, 0) is 49.2 Å². The van der Waals surface area contributed by atoms with Gasteiger partial charge in [-0.3, -0.25) is 0 Å². The van der Waals surface area contributed by atoms with Gasteiger partial charge in [-0.25, -0.2) is 9.97 Å². The lowest BCUT2D eigenvalue weighted by Gasteiger charge is -2.12. The molecule has 0 fully saturated rings. The zero-order valence-corrected chi connectivity index (χ0v) is 13.9. The summed E-state index contributed by atoms with van der Waals surface area (Å²) < 4.78 is 5.40. The highest BCUT2D eigenvalue weighted by Crippen LogP contribution is 2.35. The van der Waals surface area contributed by atoms with E-state index in [0.717, 1.165) is 16.7 Å². The number of methoxy groups -OCH3 is 1. The maximum absolute atomic E-state index is 10.4. The van der Waals surface area contributed by atoms with E-state index in [1.54, 1.807) is 7.11 Å². The molecule has 5 heteroatoms. The van der Waals surface area contributed by atoms with E-state index in [1.807, 2.05) is 56.3 Å². The van der Waals surface area contributed by atoms with Crippen molar-refractivity contribution in [2.24, 2.45) is 0 Å². The van der Waals surface area contributed by atoms with Crippen molar-refractivity contribution in [1.82, 2.24) is 9.97 Å². The smallest absolute Gasteiger partial charge is 0.221 e. The molecule has 3 aromatic rings. The molecule has 5 nitrogen and oxygen atoms in total. The number of nitrogens with zero attached hydrogens (tertiary/aromatic N) is 2. The predicted octanol–water partition coefficient (Wildman–Crippen LogP) is 3.72. The maximum Gasteiger partial charge on any atom is 0.221 e. The molecule has 0 aliphatic carbocycles. The summed E-state index contributed by atoms with van der Waals surface area (Å²) in [5.74, 6) is 1.04. The van der Waals surface area contributed by atoms with Crippen molar-refractivity contribution in [2.75, 3.05) is 12.8 Å². The third-order valence-corrected chi connectivity index (χ3v) is 3.85. The Hall–Kier alpha value is -3.08. The van der Waals surface area contributed by atoms with Gasteiger partial charge in [-0.2, -0.15) is 0 Å². The summed E-state index contributed by atoms with van der Waals surface area (Å²) in [6.07, 6.45) is 0. The molecule has 0 amide bonds. The van der Waals surface area contributed by atoms with Crippen LogP contribution < -0.4 is 10.5 Å². The molecule has 1 heterocycles. The van der Waals surface area contributed by atoms with Gasteiger partial charge >= 0.3 is 0 Å². The first-order valence-electron chi connectivity index (χ1n) is 7.58. The Kier molecular flexibility index (Phi) is 4.08. The second kappa shape index (κ2) is 6.20. The zero-order chi connectivity index (χ0) is 17.3. The molecule has 0 atom stereocenters. The topological polar surface area (TPSA) is 81.3 Å². The summed E-state index contributed by atoms with van der Waals surface area (Å²) in [6.45, 7) is 3.83. The number of nitrogens with two attached hydrogens (primary N) is 1. The molecule has 0 bridgehead atoms. The molecule has 1 aromatic heterocycles. The molecule has 0 saturated carbocycles. The molecular formula is C19H19N3O2. The van der Waals surface area contributed by atoms with Crippen molar-refractivity contribution in [3.63, 3.8) is 0 Å². The standard InChI is InChI=1S/C19H19N3O2/c1-11-8-12(2)18(23)14(9-11)16-10-15(21-19(20)22-16)13-6-4-5-7-17(13)24-3/h4-10,23H,1-3H3,(H2,20,21,22). The van der Waals surface area contributed by atoms with Gasteiger partial charge in [0, 0.05) is 11.1 Å². The average Bonchev–Trinajstić information content (AvgIpc) is 2.57. The SMILES string of the molecule is COc1ccccc1-c1cc(-c2cc(C)cc(C)c2O)nc(N)n1. The van der Waals surface area contributed by atoms with Crippen LogP contribution in [0.4, 0.5) is 5.95 Å². The van der Waals surface area contributed by atoms with Crippen molar-refractivity contribution in [3.05, 3.63) is 53.6 Å². The largest absolute Gasteiger partial charge is 0.507 e. The number of anilines is 1. The van der Waals surface area contributed by atoms with Crippen LogP contribution in [0.15, 0.2) is 42.5 Å². The number of aryl methyl sites for hydroxylation is 2. The van der Waals surface area contributed by atoms with Crippen LogP contribution in [0.1, 0.15) is 11.1 Å². The normalized spacial score (nSPS) is 10.6. The number of para-hydroxylation sites is 1. The van der Waals surface area contributed by atoms with Crippen molar-refractivity contribution in [2.45, 2.75) is 13.8 Å². The van der Waals surface area contributed by atoms with E-state index in [4.69, 9.17) is 10.5 Å². The monoisotopic (exact) mass is 321 g/mol. The Morgan fingerprint density at radius 1 is 0.958 bits per heavy atom. The van der Waals surface area contributed by atoms with E-state index in [0.29, 0.717) is 22.7 Å². The molecule has 2 aromatic carbocycles. The second-order valence-electron chi connectivity index (χ2n) is 5.67. The quantitative estimate of drug-likeness (QED) is 0.768. The van der Waals surface area contributed by atoms with Gasteiger partial charge in [0.1, 0.15) is 11.5 Å². The van der Waals surface area contributed by atoms with E-state index in [-0.39, 0.29) is 11.7 Å². The maximum atomic E-state index is 10.4. The fourth-order valence-corrected chi connectivity index (χ4v) is 2.75. The van der Waals surface area contributed by atoms with Crippen LogP contribution in [0.3, 0.4) is 0 Å². The summed E-state index contributed by atoms with van der Waals surface area (Å²) in [4.78, 5) is 8.61. The van der Waals surface area contributed by atoms with E-state index in [1.165, 1.54) is 0 Å². The molecule has 122 valence electrons. The predicted molar refractivity (Wildman–Crippen MR) is 95.0 cm³/mol. The van der Waals surface area contributed by atoms with Crippen molar-refractivity contribution < 1.29 is 9.84 Å². The number of aromatic nitrogens is 2. The number of ether oxygens (including phenoxy) is 1. The lowest BCUT2D eigenvalue weighted by atomic mass is 10.0. The van der Waals surface area contributed by atoms with Gasteiger partial charge in [0.25, 0.3) is 0 Å². The number of rotatable bonds is 3. The van der Waals surface area contributed by atoms with Crippen LogP contribution in [0.25, 0.3) is 22.5 Å². The highest BCUT2D eigenvalue weighted by molar-refractivity contribution is 5.76. The van der Waals surface area contributed by atoms with E-state index < -0.39 is 0 Å². The number of phenolic OH excluding ortho intramolecular Hbond substituents is 1. The highest BCUT2D eigenvalue weighted by Gasteiger charge is 2.14. The first kappa shape index (κ1) is 15.8. The van der Waals surface area contributed by atoms with Crippen LogP contribution in [0.5, 0.6) is 11.5 Å². The Bertz CT molecular complexity index is 907. The fraction of sp³-hybridized carbons (Fsp3) is 0.158. The van der Waals surface area contributed by atoms with Crippen LogP contribution in [0.2, 0.25) is 0 Å². The Balaban J connectivity index is 2.21. The van der Waals surface area contributed by atoms with Crippen LogP contribution in [-0.4, -0.2) is 22.2 Å². The third kappa shape index (κ3) is 2.88. The average molecular weight is 321 g/mol. The number of benzene rings is 2. The van der Waals surface area contributed by atoms with Crippen molar-refractivity contribution >= 4 is 5.95 Å². The minimum Gasteiger partial charge on any atom is -0.507 e. The molecule has 0 saturated heterocycles. The van der Waals surface area contributed by atoms with Crippen LogP contribution in [-0.2, 0) is 0 Å². The number of nitrogen functional groups attached to an aromatic ring is 1. The van der Waals surface area contributed by atoms with Gasteiger partial charge in [-0.1, -0.05) is 18.2 Å². The number of aromatic hydroxyl groups is 1. The fourth-order valence-electron chi connectivity index (χ4n) is 2.75. The second-order valence-corrected chi connectivity index (χ2v) is 5.67. The Morgan fingerprint density at radius 3 is 2.33 bits per heavy atom. The van der Waals surface area contributed by atoms with E-state index in [2.05, 4.69) is 9.97 Å². The summed E-state index contributed by atoms with van der Waals surface area (Å²) >= 11 is 0. The summed E-state index contributed by atoms with van der Waals surface area (Å²) in [5, 5.41) is 10.4. The summed E-state index contributed by atoms with van der Waals surface area (Å²) in [5.41, 5.74) is 10.4. The van der Waals surface area contributed by atoms with E-state index >= 15 is 0 Å². The van der Waals surface area contributed by atoms with E-state index in [9.17, 15) is 5.11 Å². The molecule has 0 unspecified atom stereocenters. The lowest BCUT2D eigenvalue weighted by molar-refractivity contribution is 0.416. The summed E-state index contributed by atoms with van der Waals surface area (Å²) in [6, 6.07) is 13.2. The number of hydrogen-bond donors (Lipinski definition) is 2. The first-order valence-corrected chi connectivity index (χ1v) is 7.58. The van der Waals surface area contributed by atoms with Gasteiger partial charge in [0.2, 0.25) is 5.95 Å². The lowest BCUT2D eigenvalue weighted by Crippen LogP contribution is -2.00. The van der Waals surface area contributed by atoms with Gasteiger partial charge in [0.15, 0.2) is 0 Å². The minimum atomic E-state index is 0.145. The Labute approximate surface area is 140 Å². The Morgan fingerprint density at radius 2 is 1.62 bits per heavy atom. The molecule has 24 heavy (non-hydrogen) atoms. The van der Waals surface area contributed by atoms with Crippen LogP contribution in [0, 0.1) is 13.8 Å². The molecular weight excluding hydrogens is 302 g/mol. The summed E-state index contributed by atoms with van der Waals surface area (Å²) in [7, 11) is 1.61. The van der Waals surface area contributed by atoms with Crippen molar-refractivity contribution in [1.29, 1.82) is 0 Å². The van der Waals surface area contributed by atoms with Gasteiger partial charge in [-0.15, -0.1) is 0 Å². The highest BCUT2D eigenvalue weighted by atomic mass is 16.5. The van der Waals surface area contributed by atoms with Gasteiger partial charge in [0.05, 0.1) is 18.5 Å². The molecule has 3 N–H and O–H groups in total. The minimum absolute atomic E-state index is 0.145. The molecule has 3 rings (SSSR count). The molecule has 0 aliphatic heterocycles. The number of phenols is 1. The first-order chi connectivity index (χ1) is 11.5. The van der Waals surface area contributed by atoms with Gasteiger partial charge < -0.3 is 15.6 Å². The molecule has 0 aliphatic rings. The number of hydrogen-bond acceptors (Lipinski definition) is 5. The van der Waals surface area contributed by atoms with Crippen LogP contribution >= 0.6 is 0 Å².